The normalized spacial score (nSPS) is 10.1. The molecule has 0 radical (unpaired) electrons. The highest BCUT2D eigenvalue weighted by atomic mass is 32.2. The average Bonchev–Trinajstić information content (AvgIpc) is 2.31. The summed E-state index contributed by atoms with van der Waals surface area (Å²) in [5.41, 5.74) is 5.38. The molecule has 6 nitrogen and oxygen atoms in total. The quantitative estimate of drug-likeness (QED) is 0.630. The van der Waals surface area contributed by atoms with Crippen molar-refractivity contribution in [3.8, 4) is 0 Å². The van der Waals surface area contributed by atoms with Gasteiger partial charge in [0.25, 0.3) is 0 Å². The van der Waals surface area contributed by atoms with Gasteiger partial charge in [-0.1, -0.05) is 11.8 Å². The van der Waals surface area contributed by atoms with E-state index in [1.54, 1.807) is 6.26 Å². The van der Waals surface area contributed by atoms with Crippen molar-refractivity contribution < 1.29 is 9.90 Å². The number of nitrogen functional groups attached to an aromatic ring is 1. The van der Waals surface area contributed by atoms with Gasteiger partial charge in [-0.3, -0.25) is 4.79 Å². The zero-order valence-corrected chi connectivity index (χ0v) is 7.21. The predicted octanol–water partition coefficient (Wildman–Crippen LogP) is -0.333. The second-order valence-corrected chi connectivity index (χ2v) is 2.78. The van der Waals surface area contributed by atoms with Crippen molar-refractivity contribution in [2.24, 2.45) is 0 Å². The van der Waals surface area contributed by atoms with Crippen molar-refractivity contribution in [1.82, 2.24) is 14.8 Å². The van der Waals surface area contributed by atoms with E-state index in [-0.39, 0.29) is 12.5 Å². The Morgan fingerprint density at radius 3 is 2.92 bits per heavy atom. The van der Waals surface area contributed by atoms with Gasteiger partial charge in [-0.05, 0) is 6.26 Å². The maximum Gasteiger partial charge on any atom is 0.325 e. The third-order valence-corrected chi connectivity index (χ3v) is 1.69. The van der Waals surface area contributed by atoms with Crippen LogP contribution in [0.25, 0.3) is 0 Å². The molecule has 0 aromatic carbocycles. The highest BCUT2D eigenvalue weighted by Gasteiger charge is 2.08. The summed E-state index contributed by atoms with van der Waals surface area (Å²) >= 11 is 1.31. The minimum Gasteiger partial charge on any atom is -0.480 e. The van der Waals surface area contributed by atoms with Crippen molar-refractivity contribution in [2.75, 3.05) is 12.0 Å². The van der Waals surface area contributed by atoms with Gasteiger partial charge < -0.3 is 10.8 Å². The van der Waals surface area contributed by atoms with Crippen molar-refractivity contribution in [3.63, 3.8) is 0 Å². The lowest BCUT2D eigenvalue weighted by atomic mass is 10.7. The molecule has 0 spiro atoms. The molecule has 0 atom stereocenters. The molecule has 1 aromatic heterocycles. The summed E-state index contributed by atoms with van der Waals surface area (Å²) in [4.78, 5) is 14.1. The van der Waals surface area contributed by atoms with E-state index < -0.39 is 5.97 Å². The van der Waals surface area contributed by atoms with Gasteiger partial charge in [0.15, 0.2) is 0 Å². The number of thioether (sulfide) groups is 1. The van der Waals surface area contributed by atoms with Gasteiger partial charge >= 0.3 is 5.97 Å². The molecule has 0 aliphatic carbocycles. The summed E-state index contributed by atoms with van der Waals surface area (Å²) in [6.45, 7) is -0.251. The standard InChI is InChI=1S/C5H8N4O2S/c1-12-5-7-4(6)9(8-5)2-3(10)11/h2H2,1H3,(H,10,11)(H2,6,7,8). The number of aliphatic carboxylic acids is 1. The molecule has 0 fully saturated rings. The van der Waals surface area contributed by atoms with Gasteiger partial charge in [0.05, 0.1) is 0 Å². The molecule has 1 aromatic rings. The molecule has 0 unspecified atom stereocenters. The molecule has 1 heterocycles. The Labute approximate surface area is 72.8 Å². The van der Waals surface area contributed by atoms with Crippen LogP contribution in [-0.2, 0) is 11.3 Å². The average molecular weight is 188 g/mol. The molecule has 0 saturated carbocycles. The second kappa shape index (κ2) is 3.44. The molecule has 1 rings (SSSR count). The topological polar surface area (TPSA) is 94.0 Å². The number of anilines is 1. The Hall–Kier alpha value is -1.24. The highest BCUT2D eigenvalue weighted by molar-refractivity contribution is 7.98. The zero-order valence-electron chi connectivity index (χ0n) is 6.39. The maximum atomic E-state index is 10.3. The number of rotatable bonds is 3. The molecular formula is C5H8N4O2S. The number of hydrogen-bond acceptors (Lipinski definition) is 5. The van der Waals surface area contributed by atoms with Crippen LogP contribution in [0.1, 0.15) is 0 Å². The van der Waals surface area contributed by atoms with E-state index in [4.69, 9.17) is 10.8 Å². The van der Waals surface area contributed by atoms with Crippen LogP contribution in [0.2, 0.25) is 0 Å². The van der Waals surface area contributed by atoms with Crippen LogP contribution in [0.5, 0.6) is 0 Å². The SMILES string of the molecule is CSc1nc(N)n(CC(=O)O)n1. The van der Waals surface area contributed by atoms with Crippen molar-refractivity contribution in [3.05, 3.63) is 0 Å². The Morgan fingerprint density at radius 1 is 1.83 bits per heavy atom. The Bertz CT molecular complexity index is 298. The smallest absolute Gasteiger partial charge is 0.325 e. The van der Waals surface area contributed by atoms with E-state index >= 15 is 0 Å². The summed E-state index contributed by atoms with van der Waals surface area (Å²) in [6, 6.07) is 0. The van der Waals surface area contributed by atoms with Gasteiger partial charge in [0.1, 0.15) is 6.54 Å². The van der Waals surface area contributed by atoms with Crippen LogP contribution in [0.15, 0.2) is 5.16 Å². The van der Waals surface area contributed by atoms with Gasteiger partial charge in [-0.15, -0.1) is 5.10 Å². The lowest BCUT2D eigenvalue weighted by Crippen LogP contribution is -2.12. The fourth-order valence-corrected chi connectivity index (χ4v) is 1.03. The molecule has 0 saturated heterocycles. The first kappa shape index (κ1) is 8.85. The molecule has 0 aliphatic heterocycles. The number of carboxylic acid groups (broad SMARTS) is 1. The van der Waals surface area contributed by atoms with Gasteiger partial charge in [0.2, 0.25) is 11.1 Å². The first-order valence-electron chi connectivity index (χ1n) is 3.09. The van der Waals surface area contributed by atoms with E-state index in [0.717, 1.165) is 4.68 Å². The lowest BCUT2D eigenvalue weighted by Gasteiger charge is -1.95. The van der Waals surface area contributed by atoms with Gasteiger partial charge in [-0.2, -0.15) is 4.98 Å². The number of carbonyl (C=O) groups is 1. The predicted molar refractivity (Wildman–Crippen MR) is 43.9 cm³/mol. The third kappa shape index (κ3) is 1.88. The van der Waals surface area contributed by atoms with E-state index in [9.17, 15) is 4.79 Å². The van der Waals surface area contributed by atoms with Crippen LogP contribution in [-0.4, -0.2) is 32.1 Å². The fraction of sp³-hybridized carbons (Fsp3) is 0.400. The minimum absolute atomic E-state index is 0.127. The third-order valence-electron chi connectivity index (χ3n) is 1.15. The van der Waals surface area contributed by atoms with Crippen molar-refractivity contribution >= 4 is 23.7 Å². The van der Waals surface area contributed by atoms with Crippen molar-refractivity contribution in [1.29, 1.82) is 0 Å². The van der Waals surface area contributed by atoms with Crippen LogP contribution in [0.3, 0.4) is 0 Å². The summed E-state index contributed by atoms with van der Waals surface area (Å²) < 4.78 is 1.15. The summed E-state index contributed by atoms with van der Waals surface area (Å²) in [5, 5.41) is 12.7. The minimum atomic E-state index is -0.987. The van der Waals surface area contributed by atoms with E-state index in [1.807, 2.05) is 0 Å². The first-order chi connectivity index (χ1) is 5.63. The monoisotopic (exact) mass is 188 g/mol. The lowest BCUT2D eigenvalue weighted by molar-refractivity contribution is -0.137. The van der Waals surface area contributed by atoms with Crippen LogP contribution in [0, 0.1) is 0 Å². The number of hydrogen-bond donors (Lipinski definition) is 2. The Kier molecular flexibility index (Phi) is 2.54. The highest BCUT2D eigenvalue weighted by Crippen LogP contribution is 2.10. The number of aromatic nitrogens is 3. The molecule has 7 heteroatoms. The second-order valence-electron chi connectivity index (χ2n) is 2.01. The largest absolute Gasteiger partial charge is 0.480 e. The number of nitrogens with zero attached hydrogens (tertiary/aromatic N) is 3. The van der Waals surface area contributed by atoms with Gasteiger partial charge in [-0.25, -0.2) is 4.68 Å². The zero-order chi connectivity index (χ0) is 9.14. The van der Waals surface area contributed by atoms with Gasteiger partial charge in [0, 0.05) is 0 Å². The number of carboxylic acids is 1. The molecule has 0 aliphatic rings. The molecule has 3 N–H and O–H groups in total. The number of nitrogens with two attached hydrogens (primary N) is 1. The molecule has 0 amide bonds. The van der Waals surface area contributed by atoms with E-state index in [0.29, 0.717) is 5.16 Å². The first-order valence-corrected chi connectivity index (χ1v) is 4.32. The van der Waals surface area contributed by atoms with E-state index in [2.05, 4.69) is 10.1 Å². The Morgan fingerprint density at radius 2 is 2.50 bits per heavy atom. The molecule has 66 valence electrons. The van der Waals surface area contributed by atoms with Crippen LogP contribution >= 0.6 is 11.8 Å². The van der Waals surface area contributed by atoms with Crippen molar-refractivity contribution in [2.45, 2.75) is 11.7 Å². The van der Waals surface area contributed by atoms with Crippen LogP contribution in [0.4, 0.5) is 5.95 Å². The molecule has 12 heavy (non-hydrogen) atoms. The molecular weight excluding hydrogens is 180 g/mol. The van der Waals surface area contributed by atoms with Crippen LogP contribution < -0.4 is 5.73 Å². The maximum absolute atomic E-state index is 10.3. The molecule has 0 bridgehead atoms. The summed E-state index contributed by atoms with van der Waals surface area (Å²) in [5.74, 6) is -0.860. The summed E-state index contributed by atoms with van der Waals surface area (Å²) in [7, 11) is 0. The fourth-order valence-electron chi connectivity index (χ4n) is 0.664. The Balaban J connectivity index is 2.84. The van der Waals surface area contributed by atoms with E-state index in [1.165, 1.54) is 11.8 Å². The summed E-state index contributed by atoms with van der Waals surface area (Å²) in [6.07, 6.45) is 1.79.